The van der Waals surface area contributed by atoms with Gasteiger partial charge in [0.15, 0.2) is 9.80 Å². The van der Waals surface area contributed by atoms with Crippen LogP contribution in [-0.4, -0.2) is 11.2 Å². The van der Waals surface area contributed by atoms with Crippen LogP contribution in [0.5, 0.6) is 5.75 Å². The number of thiazole rings is 1. The fourth-order valence-electron chi connectivity index (χ4n) is 3.28. The zero-order valence-corrected chi connectivity index (χ0v) is 18.0. The molecule has 1 aromatic heterocycles. The Morgan fingerprint density at radius 3 is 2.42 bits per heavy atom. The van der Waals surface area contributed by atoms with Gasteiger partial charge in [-0.3, -0.25) is 9.98 Å². The largest absolute Gasteiger partial charge is 0.494 e. The van der Waals surface area contributed by atoms with Crippen LogP contribution in [0.15, 0.2) is 83.0 Å². The lowest BCUT2D eigenvalue weighted by atomic mass is 10.1. The molecular weight excluding hydrogens is 411 g/mol. The number of nitrogens with zero attached hydrogens (tertiary/aromatic N) is 3. The summed E-state index contributed by atoms with van der Waals surface area (Å²) in [6.45, 7) is 4.36. The van der Waals surface area contributed by atoms with Gasteiger partial charge in [-0.1, -0.05) is 29.5 Å². The lowest BCUT2D eigenvalue weighted by Crippen LogP contribution is -2.12. The molecule has 0 bridgehead atoms. The summed E-state index contributed by atoms with van der Waals surface area (Å²) in [4.78, 5) is 0.296. The molecule has 5 nitrogen and oxygen atoms in total. The van der Waals surface area contributed by atoms with Gasteiger partial charge < -0.3 is 4.74 Å². The van der Waals surface area contributed by atoms with E-state index in [1.165, 1.54) is 23.5 Å². The number of hydrogen-bond acceptors (Lipinski definition) is 5. The summed E-state index contributed by atoms with van der Waals surface area (Å²) < 4.78 is 21.1. The summed E-state index contributed by atoms with van der Waals surface area (Å²) in [5.74, 6) is 0.458. The summed E-state index contributed by atoms with van der Waals surface area (Å²) in [7, 11) is 0. The van der Waals surface area contributed by atoms with Crippen molar-refractivity contribution >= 4 is 22.0 Å². The Morgan fingerprint density at radius 1 is 1.00 bits per heavy atom. The molecule has 4 rings (SSSR count). The van der Waals surface area contributed by atoms with Crippen LogP contribution in [0, 0.1) is 18.2 Å². The van der Waals surface area contributed by atoms with E-state index in [0.29, 0.717) is 22.1 Å². The van der Waals surface area contributed by atoms with Gasteiger partial charge in [-0.05, 0) is 74.0 Å². The molecule has 0 amide bonds. The van der Waals surface area contributed by atoms with Crippen LogP contribution in [-0.2, 0) is 0 Å². The molecule has 0 saturated heterocycles. The fraction of sp³-hybridized carbons (Fsp3) is 0.125. The highest BCUT2D eigenvalue weighted by Gasteiger charge is 2.19. The lowest BCUT2D eigenvalue weighted by Gasteiger charge is -2.12. The first-order valence-corrected chi connectivity index (χ1v) is 10.7. The molecule has 0 aliphatic heterocycles. The van der Waals surface area contributed by atoms with Crippen molar-refractivity contribution in [3.8, 4) is 22.7 Å². The van der Waals surface area contributed by atoms with Gasteiger partial charge in [0.2, 0.25) is 0 Å². The zero-order valence-electron chi connectivity index (χ0n) is 17.2. The normalized spacial score (nSPS) is 11.2. The number of aryl methyl sites for hydroxylation is 1. The van der Waals surface area contributed by atoms with Gasteiger partial charge >= 0.3 is 0 Å². The van der Waals surface area contributed by atoms with E-state index in [4.69, 9.17) is 10.1 Å². The van der Waals surface area contributed by atoms with E-state index in [2.05, 4.69) is 10.2 Å². The monoisotopic (exact) mass is 432 g/mol. The number of halogens is 1. The maximum atomic E-state index is 13.8. The second-order valence-electron chi connectivity index (χ2n) is 6.82. The van der Waals surface area contributed by atoms with Crippen LogP contribution in [0.3, 0.4) is 0 Å². The van der Waals surface area contributed by atoms with Crippen LogP contribution in [0.25, 0.3) is 16.9 Å². The molecule has 1 N–H and O–H groups in total. The van der Waals surface area contributed by atoms with Crippen LogP contribution in [0.4, 0.5) is 15.1 Å². The van der Waals surface area contributed by atoms with Gasteiger partial charge in [0, 0.05) is 11.3 Å². The standard InChI is InChI=1S/C24H21FN4OS/c1-3-30-20-12-10-19(11-13-20)29-22(21-14-9-17(25)15-16(21)2)23(31-24(29)26)28-27-18-7-5-4-6-8-18/h4-15,26H,3H2,1-2H3. The molecule has 31 heavy (non-hydrogen) atoms. The van der Waals surface area contributed by atoms with Crippen molar-refractivity contribution in [2.75, 3.05) is 6.61 Å². The Kier molecular flexibility index (Phi) is 6.04. The topological polar surface area (TPSA) is 62.7 Å². The molecule has 156 valence electrons. The Hall–Kier alpha value is -3.58. The minimum atomic E-state index is -0.303. The van der Waals surface area contributed by atoms with Gasteiger partial charge in [-0.25, -0.2) is 4.39 Å². The Bertz CT molecular complexity index is 1280. The number of rotatable bonds is 6. The van der Waals surface area contributed by atoms with Crippen molar-refractivity contribution in [1.29, 1.82) is 5.41 Å². The summed E-state index contributed by atoms with van der Waals surface area (Å²) in [5.41, 5.74) is 3.78. The summed E-state index contributed by atoms with van der Waals surface area (Å²) >= 11 is 1.22. The highest BCUT2D eigenvalue weighted by molar-refractivity contribution is 7.13. The van der Waals surface area contributed by atoms with Crippen molar-refractivity contribution in [2.45, 2.75) is 13.8 Å². The van der Waals surface area contributed by atoms with E-state index < -0.39 is 0 Å². The van der Waals surface area contributed by atoms with E-state index in [-0.39, 0.29) is 5.82 Å². The van der Waals surface area contributed by atoms with Gasteiger partial charge in [0.05, 0.1) is 18.0 Å². The number of nitrogens with one attached hydrogen (secondary N) is 1. The van der Waals surface area contributed by atoms with Crippen molar-refractivity contribution in [1.82, 2.24) is 4.57 Å². The molecule has 0 spiro atoms. The minimum absolute atomic E-state index is 0.296. The average Bonchev–Trinajstić information content (AvgIpc) is 3.09. The van der Waals surface area contributed by atoms with Crippen molar-refractivity contribution in [3.05, 3.63) is 89.0 Å². The third-order valence-electron chi connectivity index (χ3n) is 4.68. The number of aromatic nitrogens is 1. The lowest BCUT2D eigenvalue weighted by molar-refractivity contribution is 0.340. The first-order valence-electron chi connectivity index (χ1n) is 9.84. The number of azo groups is 1. The Morgan fingerprint density at radius 2 is 1.74 bits per heavy atom. The fourth-order valence-corrected chi connectivity index (χ4v) is 4.13. The van der Waals surface area contributed by atoms with E-state index in [1.807, 2.05) is 68.4 Å². The predicted octanol–water partition coefficient (Wildman–Crippen LogP) is 6.95. The van der Waals surface area contributed by atoms with Crippen LogP contribution >= 0.6 is 11.3 Å². The van der Waals surface area contributed by atoms with Gasteiger partial charge in [0.1, 0.15) is 11.6 Å². The van der Waals surface area contributed by atoms with E-state index in [1.54, 1.807) is 10.6 Å². The molecule has 0 aliphatic carbocycles. The van der Waals surface area contributed by atoms with Crippen LogP contribution in [0.2, 0.25) is 0 Å². The average molecular weight is 433 g/mol. The number of hydrogen-bond donors (Lipinski definition) is 1. The van der Waals surface area contributed by atoms with Gasteiger partial charge in [0.25, 0.3) is 0 Å². The van der Waals surface area contributed by atoms with Crippen molar-refractivity contribution in [2.24, 2.45) is 10.2 Å². The maximum Gasteiger partial charge on any atom is 0.189 e. The molecule has 4 aromatic rings. The second kappa shape index (κ2) is 9.06. The zero-order chi connectivity index (χ0) is 21.8. The second-order valence-corrected chi connectivity index (χ2v) is 7.80. The summed E-state index contributed by atoms with van der Waals surface area (Å²) in [6, 6.07) is 21.6. The molecule has 0 radical (unpaired) electrons. The molecule has 7 heteroatoms. The predicted molar refractivity (Wildman–Crippen MR) is 121 cm³/mol. The third-order valence-corrected chi connectivity index (χ3v) is 5.53. The Balaban J connectivity index is 1.89. The quantitative estimate of drug-likeness (QED) is 0.329. The SMILES string of the molecule is CCOc1ccc(-n2c(-c3ccc(F)cc3C)c(N=Nc3ccccc3)sc2=N)cc1. The molecule has 3 aromatic carbocycles. The Labute approximate surface area is 183 Å². The molecule has 0 saturated carbocycles. The molecular formula is C24H21FN4OS. The molecule has 0 fully saturated rings. The minimum Gasteiger partial charge on any atom is -0.494 e. The third kappa shape index (κ3) is 4.46. The number of benzene rings is 3. The molecule has 0 unspecified atom stereocenters. The maximum absolute atomic E-state index is 13.8. The molecule has 1 heterocycles. The van der Waals surface area contributed by atoms with Gasteiger partial charge in [-0.2, -0.15) is 0 Å². The van der Waals surface area contributed by atoms with E-state index >= 15 is 0 Å². The first kappa shape index (κ1) is 20.7. The molecule has 0 aliphatic rings. The number of ether oxygens (including phenoxy) is 1. The van der Waals surface area contributed by atoms with E-state index in [0.717, 1.165) is 28.3 Å². The first-order chi connectivity index (χ1) is 15.1. The highest BCUT2D eigenvalue weighted by Crippen LogP contribution is 2.38. The summed E-state index contributed by atoms with van der Waals surface area (Å²) in [6.07, 6.45) is 0. The highest BCUT2D eigenvalue weighted by atomic mass is 32.1. The van der Waals surface area contributed by atoms with E-state index in [9.17, 15) is 4.39 Å². The van der Waals surface area contributed by atoms with Crippen molar-refractivity contribution < 1.29 is 9.13 Å². The smallest absolute Gasteiger partial charge is 0.189 e. The van der Waals surface area contributed by atoms with Crippen LogP contribution < -0.4 is 9.54 Å². The van der Waals surface area contributed by atoms with Crippen LogP contribution in [0.1, 0.15) is 12.5 Å². The van der Waals surface area contributed by atoms with Gasteiger partial charge in [-0.15, -0.1) is 10.2 Å². The molecule has 0 atom stereocenters. The summed E-state index contributed by atoms with van der Waals surface area (Å²) in [5, 5.41) is 18.0. The van der Waals surface area contributed by atoms with Crippen molar-refractivity contribution in [3.63, 3.8) is 0 Å².